The van der Waals surface area contributed by atoms with Crippen molar-refractivity contribution in [1.82, 2.24) is 9.80 Å². The van der Waals surface area contributed by atoms with Gasteiger partial charge in [-0.3, -0.25) is 19.3 Å². The third-order valence-electron chi connectivity index (χ3n) is 5.02. The van der Waals surface area contributed by atoms with E-state index >= 15 is 0 Å². The molecule has 0 N–H and O–H groups in total. The van der Waals surface area contributed by atoms with Crippen LogP contribution in [0.5, 0.6) is 0 Å². The normalized spacial score (nSPS) is 32.9. The Morgan fingerprint density at radius 1 is 0.909 bits per heavy atom. The molecule has 2 fully saturated rings. The summed E-state index contributed by atoms with van der Waals surface area (Å²) in [6.07, 6.45) is 3.69. The van der Waals surface area contributed by atoms with Crippen LogP contribution in [0.3, 0.4) is 0 Å². The van der Waals surface area contributed by atoms with Crippen LogP contribution >= 0.6 is 0 Å². The molecule has 4 atom stereocenters. The topological polar surface area (TPSA) is 57.7 Å². The van der Waals surface area contributed by atoms with Crippen molar-refractivity contribution in [2.24, 2.45) is 17.8 Å². The number of rotatable bonds is 2. The van der Waals surface area contributed by atoms with E-state index in [0.717, 1.165) is 5.56 Å². The van der Waals surface area contributed by atoms with E-state index in [1.807, 2.05) is 36.4 Å². The molecule has 1 aromatic rings. The summed E-state index contributed by atoms with van der Waals surface area (Å²) < 4.78 is 0. The molecule has 5 heteroatoms. The fourth-order valence-electron chi connectivity index (χ4n) is 3.89. The number of piperidine rings is 1. The van der Waals surface area contributed by atoms with Gasteiger partial charge < -0.3 is 4.90 Å². The fraction of sp³-hybridized carbons (Fsp3) is 0.353. The number of carbonyl (C=O) groups excluding carboxylic acids is 3. The van der Waals surface area contributed by atoms with Crippen LogP contribution < -0.4 is 0 Å². The number of carbonyl (C=O) groups is 3. The Morgan fingerprint density at radius 3 is 2.32 bits per heavy atom. The summed E-state index contributed by atoms with van der Waals surface area (Å²) in [5, 5.41) is 0. The third-order valence-corrected chi connectivity index (χ3v) is 5.02. The second-order valence-corrected chi connectivity index (χ2v) is 6.15. The van der Waals surface area contributed by atoms with E-state index in [0.29, 0.717) is 0 Å². The van der Waals surface area contributed by atoms with Gasteiger partial charge in [-0.25, -0.2) is 0 Å². The molecule has 0 spiro atoms. The minimum atomic E-state index is -0.519. The average molecular weight is 296 g/mol. The largest absolute Gasteiger partial charge is 0.338 e. The van der Waals surface area contributed by atoms with Crippen molar-refractivity contribution in [2.75, 3.05) is 7.05 Å². The van der Waals surface area contributed by atoms with Gasteiger partial charge in [-0.15, -0.1) is 0 Å². The van der Waals surface area contributed by atoms with Gasteiger partial charge >= 0.3 is 0 Å². The maximum absolute atomic E-state index is 12.7. The van der Waals surface area contributed by atoms with E-state index < -0.39 is 17.8 Å². The van der Waals surface area contributed by atoms with E-state index in [4.69, 9.17) is 0 Å². The smallest absolute Gasteiger partial charge is 0.235 e. The Kier molecular flexibility index (Phi) is 2.73. The number of fused-ring (bicyclic) bond motifs is 1. The molecule has 112 valence electrons. The summed E-state index contributed by atoms with van der Waals surface area (Å²) in [6, 6.07) is 9.17. The standard InChI is InChI=1S/C17H16N2O3/c1-18-12-8-7-11(15(18)20)13-14(12)17(22)19(16(13)21)9-10-5-3-2-4-6-10/h2-8,11-14H,9H2,1H3/t11-,12-,13-,14+/m0/s1. The van der Waals surface area contributed by atoms with Crippen molar-refractivity contribution in [2.45, 2.75) is 12.6 Å². The minimum absolute atomic E-state index is 0.0588. The molecule has 4 aliphatic rings. The van der Waals surface area contributed by atoms with Gasteiger partial charge in [0.25, 0.3) is 0 Å². The monoisotopic (exact) mass is 296 g/mol. The van der Waals surface area contributed by atoms with Crippen molar-refractivity contribution >= 4 is 17.7 Å². The van der Waals surface area contributed by atoms with E-state index in [-0.39, 0.29) is 30.3 Å². The average Bonchev–Trinajstić information content (AvgIpc) is 2.79. The fourth-order valence-corrected chi connectivity index (χ4v) is 3.89. The Balaban J connectivity index is 1.68. The van der Waals surface area contributed by atoms with Gasteiger partial charge in [0.2, 0.25) is 17.7 Å². The highest BCUT2D eigenvalue weighted by Crippen LogP contribution is 2.45. The summed E-state index contributed by atoms with van der Waals surface area (Å²) in [7, 11) is 1.71. The van der Waals surface area contributed by atoms with E-state index in [9.17, 15) is 14.4 Å². The number of benzene rings is 1. The molecule has 0 aromatic heterocycles. The van der Waals surface area contributed by atoms with Crippen LogP contribution in [0.25, 0.3) is 0 Å². The van der Waals surface area contributed by atoms with Crippen molar-refractivity contribution in [1.29, 1.82) is 0 Å². The molecule has 2 saturated heterocycles. The highest BCUT2D eigenvalue weighted by atomic mass is 16.2. The zero-order valence-electron chi connectivity index (χ0n) is 12.2. The predicted octanol–water partition coefficient (Wildman–Crippen LogP) is 0.814. The zero-order valence-corrected chi connectivity index (χ0v) is 12.2. The molecule has 3 heterocycles. The summed E-state index contributed by atoms with van der Waals surface area (Å²) in [6.45, 7) is 0.281. The van der Waals surface area contributed by atoms with Gasteiger partial charge in [-0.05, 0) is 5.56 Å². The summed E-state index contributed by atoms with van der Waals surface area (Å²) in [5.41, 5.74) is 0.919. The highest BCUT2D eigenvalue weighted by molar-refractivity contribution is 6.09. The quantitative estimate of drug-likeness (QED) is 0.599. The maximum Gasteiger partial charge on any atom is 0.235 e. The van der Waals surface area contributed by atoms with E-state index in [2.05, 4.69) is 0 Å². The first kappa shape index (κ1) is 13.2. The molecule has 22 heavy (non-hydrogen) atoms. The number of likely N-dealkylation sites (tertiary alicyclic amines) is 1. The van der Waals surface area contributed by atoms with Crippen LogP contribution in [0, 0.1) is 17.8 Å². The lowest BCUT2D eigenvalue weighted by atomic mass is 9.70. The lowest BCUT2D eigenvalue weighted by Gasteiger charge is -2.44. The first-order chi connectivity index (χ1) is 10.6. The number of hydrogen-bond acceptors (Lipinski definition) is 3. The second-order valence-electron chi connectivity index (χ2n) is 6.15. The molecule has 0 unspecified atom stereocenters. The third kappa shape index (κ3) is 1.62. The SMILES string of the molecule is CN1C(=O)[C@H]2C=C[C@H]1[C@H]1C(=O)N(Cc3ccccc3)C(=O)[C@H]12. The van der Waals surface area contributed by atoms with Crippen LogP contribution in [-0.2, 0) is 20.9 Å². The predicted molar refractivity (Wildman–Crippen MR) is 78.2 cm³/mol. The lowest BCUT2D eigenvalue weighted by Crippen LogP contribution is -2.57. The van der Waals surface area contributed by atoms with Gasteiger partial charge in [0.15, 0.2) is 0 Å². The molecule has 5 nitrogen and oxygen atoms in total. The van der Waals surface area contributed by atoms with Crippen LogP contribution in [0.15, 0.2) is 42.5 Å². The lowest BCUT2D eigenvalue weighted by molar-refractivity contribution is -0.148. The molecule has 1 aromatic carbocycles. The van der Waals surface area contributed by atoms with Crippen molar-refractivity contribution in [3.8, 4) is 0 Å². The number of imide groups is 1. The van der Waals surface area contributed by atoms with E-state index in [1.54, 1.807) is 18.0 Å². The molecule has 0 radical (unpaired) electrons. The summed E-state index contributed by atoms with van der Waals surface area (Å²) in [5.74, 6) is -1.85. The van der Waals surface area contributed by atoms with Gasteiger partial charge in [0.05, 0.1) is 30.3 Å². The zero-order chi connectivity index (χ0) is 15.4. The Morgan fingerprint density at radius 2 is 1.59 bits per heavy atom. The molecule has 0 saturated carbocycles. The van der Waals surface area contributed by atoms with Crippen molar-refractivity contribution in [3.05, 3.63) is 48.0 Å². The molecule has 5 rings (SSSR count). The van der Waals surface area contributed by atoms with Crippen LogP contribution in [0.2, 0.25) is 0 Å². The number of nitrogens with zero attached hydrogens (tertiary/aromatic N) is 2. The van der Waals surface area contributed by atoms with Gasteiger partial charge in [0.1, 0.15) is 0 Å². The van der Waals surface area contributed by atoms with Crippen molar-refractivity contribution in [3.63, 3.8) is 0 Å². The molecule has 3 amide bonds. The first-order valence-electron chi connectivity index (χ1n) is 7.44. The molecule has 3 aliphatic heterocycles. The van der Waals surface area contributed by atoms with Gasteiger partial charge in [-0.2, -0.15) is 0 Å². The molecule has 2 bridgehead atoms. The maximum atomic E-state index is 12.7. The van der Waals surface area contributed by atoms with Crippen LogP contribution in [-0.4, -0.2) is 40.6 Å². The first-order valence-corrected chi connectivity index (χ1v) is 7.44. The van der Waals surface area contributed by atoms with Crippen molar-refractivity contribution < 1.29 is 14.4 Å². The number of amides is 3. The Bertz CT molecular complexity index is 697. The Labute approximate surface area is 128 Å². The second kappa shape index (κ2) is 4.53. The number of hydrogen-bond donors (Lipinski definition) is 0. The van der Waals surface area contributed by atoms with Crippen LogP contribution in [0.1, 0.15) is 5.56 Å². The minimum Gasteiger partial charge on any atom is -0.338 e. The van der Waals surface area contributed by atoms with E-state index in [1.165, 1.54) is 4.90 Å². The summed E-state index contributed by atoms with van der Waals surface area (Å²) >= 11 is 0. The molecule has 1 aliphatic carbocycles. The van der Waals surface area contributed by atoms with Gasteiger partial charge in [0, 0.05) is 7.05 Å². The number of likely N-dealkylation sites (N-methyl/N-ethyl adjacent to an activating group) is 1. The summed E-state index contributed by atoms with van der Waals surface area (Å²) in [4.78, 5) is 40.6. The molecular weight excluding hydrogens is 280 g/mol. The van der Waals surface area contributed by atoms with Crippen LogP contribution in [0.4, 0.5) is 0 Å². The van der Waals surface area contributed by atoms with Gasteiger partial charge in [-0.1, -0.05) is 42.5 Å². The molecular formula is C17H16N2O3. The highest BCUT2D eigenvalue weighted by Gasteiger charge is 2.60. The Hall–Kier alpha value is -2.43.